The quantitative estimate of drug-likeness (QED) is 0.782. The van der Waals surface area contributed by atoms with Crippen LogP contribution in [0.1, 0.15) is 17.4 Å². The zero-order valence-electron chi connectivity index (χ0n) is 8.82. The Bertz CT molecular complexity index is 465. The van der Waals surface area contributed by atoms with E-state index in [0.717, 1.165) is 11.1 Å². The van der Waals surface area contributed by atoms with Gasteiger partial charge in [0, 0.05) is 13.3 Å². The summed E-state index contributed by atoms with van der Waals surface area (Å²) in [6.07, 6.45) is 1.74. The zero-order chi connectivity index (χ0) is 10.8. The number of rotatable bonds is 3. The van der Waals surface area contributed by atoms with Gasteiger partial charge in [0.25, 0.3) is 0 Å². The predicted octanol–water partition coefficient (Wildman–Crippen LogP) is 0.913. The smallest absolute Gasteiger partial charge is 0.178 e. The molecule has 0 aliphatic rings. The van der Waals surface area contributed by atoms with Gasteiger partial charge in [0.2, 0.25) is 0 Å². The highest BCUT2D eigenvalue weighted by atomic mass is 16.5. The summed E-state index contributed by atoms with van der Waals surface area (Å²) in [5.74, 6) is 0.716. The summed E-state index contributed by atoms with van der Waals surface area (Å²) >= 11 is 0. The number of ether oxygens (including phenoxy) is 1. The van der Waals surface area contributed by atoms with Crippen molar-refractivity contribution in [1.82, 2.24) is 15.0 Å². The van der Waals surface area contributed by atoms with E-state index >= 15 is 0 Å². The van der Waals surface area contributed by atoms with Crippen LogP contribution in [-0.4, -0.2) is 28.7 Å². The Morgan fingerprint density at radius 2 is 2.40 bits per heavy atom. The van der Waals surface area contributed by atoms with Crippen molar-refractivity contribution in [3.8, 4) is 0 Å². The third-order valence-corrected chi connectivity index (χ3v) is 2.32. The number of H-pyrrole nitrogens is 1. The topological polar surface area (TPSA) is 76.8 Å². The number of fused-ring (bicyclic) bond motifs is 1. The Balaban J connectivity index is 2.43. The van der Waals surface area contributed by atoms with Gasteiger partial charge in [0.05, 0.1) is 18.2 Å². The first-order chi connectivity index (χ1) is 7.22. The van der Waals surface area contributed by atoms with Gasteiger partial charge in [-0.25, -0.2) is 9.97 Å². The summed E-state index contributed by atoms with van der Waals surface area (Å²) < 4.78 is 4.98. The fraction of sp³-hybridized carbons (Fsp3) is 0.400. The van der Waals surface area contributed by atoms with Crippen molar-refractivity contribution in [2.24, 2.45) is 5.73 Å². The van der Waals surface area contributed by atoms with Crippen molar-refractivity contribution in [3.05, 3.63) is 23.7 Å². The van der Waals surface area contributed by atoms with E-state index in [0.29, 0.717) is 18.1 Å². The summed E-state index contributed by atoms with van der Waals surface area (Å²) in [4.78, 5) is 11.7. The van der Waals surface area contributed by atoms with Crippen molar-refractivity contribution in [1.29, 1.82) is 0 Å². The number of methoxy groups -OCH3 is 1. The van der Waals surface area contributed by atoms with E-state index in [2.05, 4.69) is 15.0 Å². The first kappa shape index (κ1) is 10.1. The van der Waals surface area contributed by atoms with Crippen LogP contribution < -0.4 is 5.73 Å². The number of hydrogen-bond acceptors (Lipinski definition) is 4. The minimum atomic E-state index is -0.233. The lowest BCUT2D eigenvalue weighted by Crippen LogP contribution is -2.17. The number of hydrogen-bond donors (Lipinski definition) is 2. The molecule has 0 aliphatic carbocycles. The number of pyridine rings is 1. The Morgan fingerprint density at radius 1 is 1.60 bits per heavy atom. The normalized spacial score (nSPS) is 13.3. The van der Waals surface area contributed by atoms with E-state index in [1.807, 2.05) is 13.0 Å². The second-order valence-corrected chi connectivity index (χ2v) is 3.51. The van der Waals surface area contributed by atoms with E-state index in [9.17, 15) is 0 Å². The molecule has 2 rings (SSSR count). The first-order valence-corrected chi connectivity index (χ1v) is 4.78. The number of nitrogens with zero attached hydrogens (tertiary/aromatic N) is 2. The van der Waals surface area contributed by atoms with Crippen molar-refractivity contribution in [2.45, 2.75) is 13.0 Å². The van der Waals surface area contributed by atoms with Gasteiger partial charge >= 0.3 is 0 Å². The van der Waals surface area contributed by atoms with Crippen LogP contribution in [0.25, 0.3) is 11.2 Å². The Morgan fingerprint density at radius 3 is 3.07 bits per heavy atom. The van der Waals surface area contributed by atoms with Crippen molar-refractivity contribution >= 4 is 11.2 Å². The fourth-order valence-corrected chi connectivity index (χ4v) is 1.49. The standard InChI is InChI=1S/C10H14N4O/c1-6-3-4-12-10-8(6)13-9(14-10)7(11)5-15-2/h3-4,7H,5,11H2,1-2H3,(H,12,13,14). The van der Waals surface area contributed by atoms with Crippen molar-refractivity contribution in [3.63, 3.8) is 0 Å². The van der Waals surface area contributed by atoms with E-state index in [-0.39, 0.29) is 6.04 Å². The molecule has 1 unspecified atom stereocenters. The van der Waals surface area contributed by atoms with Crippen LogP contribution >= 0.6 is 0 Å². The number of nitrogens with one attached hydrogen (secondary N) is 1. The fourth-order valence-electron chi connectivity index (χ4n) is 1.49. The van der Waals surface area contributed by atoms with E-state index in [1.165, 1.54) is 0 Å². The second kappa shape index (κ2) is 3.96. The predicted molar refractivity (Wildman–Crippen MR) is 57.4 cm³/mol. The van der Waals surface area contributed by atoms with Crippen LogP contribution in [0, 0.1) is 6.92 Å². The van der Waals surface area contributed by atoms with Crippen LogP contribution in [0.4, 0.5) is 0 Å². The summed E-state index contributed by atoms with van der Waals surface area (Å²) in [6.45, 7) is 2.45. The maximum Gasteiger partial charge on any atom is 0.178 e. The molecule has 1 atom stereocenters. The number of aromatic nitrogens is 3. The molecule has 0 radical (unpaired) electrons. The van der Waals surface area contributed by atoms with E-state index in [4.69, 9.17) is 10.5 Å². The SMILES string of the molecule is COCC(N)c1nc2nccc(C)c2[nH]1. The third kappa shape index (κ3) is 1.84. The molecule has 0 bridgehead atoms. The highest BCUT2D eigenvalue weighted by Crippen LogP contribution is 2.15. The molecule has 0 aromatic carbocycles. The molecule has 0 spiro atoms. The molecule has 2 aromatic rings. The van der Waals surface area contributed by atoms with Crippen molar-refractivity contribution in [2.75, 3.05) is 13.7 Å². The molecule has 15 heavy (non-hydrogen) atoms. The van der Waals surface area contributed by atoms with Crippen molar-refractivity contribution < 1.29 is 4.74 Å². The molecule has 5 nitrogen and oxygen atoms in total. The molecular weight excluding hydrogens is 192 g/mol. The molecule has 0 saturated heterocycles. The van der Waals surface area contributed by atoms with Gasteiger partial charge in [-0.3, -0.25) is 0 Å². The lowest BCUT2D eigenvalue weighted by molar-refractivity contribution is 0.178. The molecule has 3 N–H and O–H groups in total. The number of aryl methyl sites for hydroxylation is 1. The van der Waals surface area contributed by atoms with Gasteiger partial charge in [0.15, 0.2) is 5.65 Å². The van der Waals surface area contributed by atoms with Crippen LogP contribution in [-0.2, 0) is 4.74 Å². The van der Waals surface area contributed by atoms with Gasteiger partial charge in [-0.2, -0.15) is 0 Å². The molecule has 5 heteroatoms. The molecule has 2 heterocycles. The minimum absolute atomic E-state index is 0.233. The molecule has 2 aromatic heterocycles. The van der Waals surface area contributed by atoms with Gasteiger partial charge < -0.3 is 15.5 Å². The van der Waals surface area contributed by atoms with Gasteiger partial charge in [0.1, 0.15) is 5.82 Å². The molecule has 0 aliphatic heterocycles. The average molecular weight is 206 g/mol. The van der Waals surface area contributed by atoms with Gasteiger partial charge in [-0.1, -0.05) is 0 Å². The van der Waals surface area contributed by atoms with Crippen LogP contribution in [0.5, 0.6) is 0 Å². The molecule has 80 valence electrons. The first-order valence-electron chi connectivity index (χ1n) is 4.78. The highest BCUT2D eigenvalue weighted by Gasteiger charge is 2.12. The van der Waals surface area contributed by atoms with Crippen LogP contribution in [0.2, 0.25) is 0 Å². The largest absolute Gasteiger partial charge is 0.383 e. The Kier molecular flexibility index (Phi) is 2.66. The second-order valence-electron chi connectivity index (χ2n) is 3.51. The highest BCUT2D eigenvalue weighted by molar-refractivity contribution is 5.74. The van der Waals surface area contributed by atoms with Crippen LogP contribution in [0.3, 0.4) is 0 Å². The number of nitrogens with two attached hydrogens (primary N) is 1. The summed E-state index contributed by atoms with van der Waals surface area (Å²) in [5.41, 5.74) is 8.64. The lowest BCUT2D eigenvalue weighted by atomic mass is 10.3. The van der Waals surface area contributed by atoms with Gasteiger partial charge in [-0.05, 0) is 18.6 Å². The Labute approximate surface area is 87.7 Å². The Hall–Kier alpha value is -1.46. The van der Waals surface area contributed by atoms with Gasteiger partial charge in [-0.15, -0.1) is 0 Å². The molecule has 0 amide bonds. The summed E-state index contributed by atoms with van der Waals surface area (Å²) in [7, 11) is 1.62. The maximum atomic E-state index is 5.87. The van der Waals surface area contributed by atoms with E-state index < -0.39 is 0 Å². The minimum Gasteiger partial charge on any atom is -0.383 e. The monoisotopic (exact) mass is 206 g/mol. The number of aromatic amines is 1. The lowest BCUT2D eigenvalue weighted by Gasteiger charge is -2.05. The molecule has 0 saturated carbocycles. The maximum absolute atomic E-state index is 5.87. The summed E-state index contributed by atoms with van der Waals surface area (Å²) in [5, 5.41) is 0. The zero-order valence-corrected chi connectivity index (χ0v) is 8.82. The van der Waals surface area contributed by atoms with E-state index in [1.54, 1.807) is 13.3 Å². The molecular formula is C10H14N4O. The molecule has 0 fully saturated rings. The third-order valence-electron chi connectivity index (χ3n) is 2.32. The van der Waals surface area contributed by atoms with Crippen LogP contribution in [0.15, 0.2) is 12.3 Å². The number of imidazole rings is 1. The summed E-state index contributed by atoms with van der Waals surface area (Å²) in [6, 6.07) is 1.70. The average Bonchev–Trinajstić information content (AvgIpc) is 2.63.